The average Bonchev–Trinajstić information content (AvgIpc) is 2.52. The number of benzene rings is 1. The van der Waals surface area contributed by atoms with Crippen molar-refractivity contribution in [1.29, 1.82) is 0 Å². The summed E-state index contributed by atoms with van der Waals surface area (Å²) in [6.45, 7) is 0. The molecule has 2 rings (SSSR count). The van der Waals surface area contributed by atoms with Gasteiger partial charge in [-0.05, 0) is 40.2 Å². The summed E-state index contributed by atoms with van der Waals surface area (Å²) in [6, 6.07) is 11.8. The number of carbonyl (C=O) groups excluding carboxylic acids is 2. The molecule has 0 N–H and O–H groups in total. The van der Waals surface area contributed by atoms with E-state index in [-0.39, 0.29) is 11.6 Å². The van der Waals surface area contributed by atoms with Crippen LogP contribution in [0.25, 0.3) is 0 Å². The maximum atomic E-state index is 12.5. The zero-order chi connectivity index (χ0) is 15.4. The van der Waals surface area contributed by atoms with Gasteiger partial charge in [-0.1, -0.05) is 18.2 Å². The first-order chi connectivity index (χ1) is 10.0. The Hall–Kier alpha value is -2.21. The molecule has 0 aliphatic heterocycles. The topological polar surface area (TPSA) is 59.5 Å². The number of halogens is 1. The SMILES string of the molecule is COC(=O)c1ccccc1N(C)C(=O)c1cccc(Br)n1. The van der Waals surface area contributed by atoms with Crippen LogP contribution in [0.1, 0.15) is 20.8 Å². The highest BCUT2D eigenvalue weighted by Gasteiger charge is 2.20. The molecule has 1 aromatic carbocycles. The predicted molar refractivity (Wildman–Crippen MR) is 82.5 cm³/mol. The number of aromatic nitrogens is 1. The van der Waals surface area contributed by atoms with Gasteiger partial charge in [0, 0.05) is 7.05 Å². The normalized spacial score (nSPS) is 10.0. The van der Waals surface area contributed by atoms with Crippen molar-refractivity contribution >= 4 is 33.5 Å². The number of amides is 1. The number of pyridine rings is 1. The summed E-state index contributed by atoms with van der Waals surface area (Å²) >= 11 is 3.23. The molecule has 0 bridgehead atoms. The summed E-state index contributed by atoms with van der Waals surface area (Å²) in [7, 11) is 2.89. The molecule has 0 radical (unpaired) electrons. The Morgan fingerprint density at radius 3 is 2.52 bits per heavy atom. The van der Waals surface area contributed by atoms with Crippen molar-refractivity contribution in [2.24, 2.45) is 0 Å². The van der Waals surface area contributed by atoms with Gasteiger partial charge in [-0.2, -0.15) is 0 Å². The monoisotopic (exact) mass is 348 g/mol. The number of ether oxygens (including phenoxy) is 1. The standard InChI is InChI=1S/C15H13BrN2O3/c1-18(14(19)11-7-5-9-13(16)17-11)12-8-4-3-6-10(12)15(20)21-2/h3-9H,1-2H3. The second-order valence-corrected chi connectivity index (χ2v) is 5.03. The molecular formula is C15H13BrN2O3. The highest BCUT2D eigenvalue weighted by atomic mass is 79.9. The molecule has 0 unspecified atom stereocenters. The van der Waals surface area contributed by atoms with E-state index in [1.54, 1.807) is 49.5 Å². The van der Waals surface area contributed by atoms with Crippen LogP contribution in [0.2, 0.25) is 0 Å². The molecule has 108 valence electrons. The molecule has 0 saturated carbocycles. The van der Waals surface area contributed by atoms with Crippen molar-refractivity contribution in [3.8, 4) is 0 Å². The van der Waals surface area contributed by atoms with Crippen LogP contribution in [0, 0.1) is 0 Å². The minimum absolute atomic E-state index is 0.284. The summed E-state index contributed by atoms with van der Waals surface area (Å²) in [5.41, 5.74) is 1.08. The van der Waals surface area contributed by atoms with Gasteiger partial charge in [0.05, 0.1) is 18.4 Å². The van der Waals surface area contributed by atoms with Crippen LogP contribution in [0.3, 0.4) is 0 Å². The third kappa shape index (κ3) is 3.28. The number of methoxy groups -OCH3 is 1. The maximum absolute atomic E-state index is 12.5. The zero-order valence-electron chi connectivity index (χ0n) is 11.5. The van der Waals surface area contributed by atoms with Crippen molar-refractivity contribution in [3.05, 3.63) is 58.3 Å². The van der Waals surface area contributed by atoms with E-state index >= 15 is 0 Å². The van der Waals surface area contributed by atoms with E-state index in [1.807, 2.05) is 0 Å². The highest BCUT2D eigenvalue weighted by molar-refractivity contribution is 9.10. The van der Waals surface area contributed by atoms with Gasteiger partial charge < -0.3 is 9.64 Å². The second-order valence-electron chi connectivity index (χ2n) is 4.22. The van der Waals surface area contributed by atoms with Gasteiger partial charge in [-0.3, -0.25) is 4.79 Å². The molecule has 5 nitrogen and oxygen atoms in total. The Morgan fingerprint density at radius 2 is 1.86 bits per heavy atom. The smallest absolute Gasteiger partial charge is 0.339 e. The molecule has 1 aromatic heterocycles. The summed E-state index contributed by atoms with van der Waals surface area (Å²) in [5, 5.41) is 0. The van der Waals surface area contributed by atoms with Gasteiger partial charge in [0.25, 0.3) is 5.91 Å². The van der Waals surface area contributed by atoms with Crippen LogP contribution in [0.5, 0.6) is 0 Å². The summed E-state index contributed by atoms with van der Waals surface area (Å²) in [5.74, 6) is -0.805. The average molecular weight is 349 g/mol. The first-order valence-corrected chi connectivity index (χ1v) is 6.92. The minimum Gasteiger partial charge on any atom is -0.465 e. The maximum Gasteiger partial charge on any atom is 0.339 e. The molecule has 0 atom stereocenters. The number of rotatable bonds is 3. The van der Waals surface area contributed by atoms with Crippen molar-refractivity contribution in [2.75, 3.05) is 19.1 Å². The second kappa shape index (κ2) is 6.49. The molecule has 2 aromatic rings. The highest BCUT2D eigenvalue weighted by Crippen LogP contribution is 2.21. The van der Waals surface area contributed by atoms with Crippen LogP contribution in [-0.4, -0.2) is 31.0 Å². The lowest BCUT2D eigenvalue weighted by Crippen LogP contribution is -2.28. The number of para-hydroxylation sites is 1. The largest absolute Gasteiger partial charge is 0.465 e. The summed E-state index contributed by atoms with van der Waals surface area (Å²) in [4.78, 5) is 29.7. The molecule has 0 fully saturated rings. The van der Waals surface area contributed by atoms with E-state index < -0.39 is 5.97 Å². The van der Waals surface area contributed by atoms with E-state index in [1.165, 1.54) is 12.0 Å². The predicted octanol–water partition coefficient (Wildman–Crippen LogP) is 2.91. The summed E-state index contributed by atoms with van der Waals surface area (Å²) < 4.78 is 5.30. The van der Waals surface area contributed by atoms with Crippen molar-refractivity contribution < 1.29 is 14.3 Å². The molecular weight excluding hydrogens is 336 g/mol. The summed E-state index contributed by atoms with van der Waals surface area (Å²) in [6.07, 6.45) is 0. The number of carbonyl (C=O) groups is 2. The Bertz CT molecular complexity index is 688. The molecule has 0 aliphatic carbocycles. The fraction of sp³-hybridized carbons (Fsp3) is 0.133. The van der Waals surface area contributed by atoms with Crippen LogP contribution >= 0.6 is 15.9 Å². The number of esters is 1. The van der Waals surface area contributed by atoms with Gasteiger partial charge in [0.1, 0.15) is 10.3 Å². The van der Waals surface area contributed by atoms with Crippen molar-refractivity contribution in [1.82, 2.24) is 4.98 Å². The molecule has 1 heterocycles. The molecule has 0 spiro atoms. The Labute approximate surface area is 130 Å². The van der Waals surface area contributed by atoms with E-state index in [0.717, 1.165) is 0 Å². The third-order valence-corrected chi connectivity index (χ3v) is 3.35. The zero-order valence-corrected chi connectivity index (χ0v) is 13.1. The van der Waals surface area contributed by atoms with Crippen LogP contribution in [0.4, 0.5) is 5.69 Å². The van der Waals surface area contributed by atoms with E-state index in [9.17, 15) is 9.59 Å². The number of anilines is 1. The van der Waals surface area contributed by atoms with E-state index in [4.69, 9.17) is 4.74 Å². The van der Waals surface area contributed by atoms with Crippen LogP contribution in [-0.2, 0) is 4.74 Å². The third-order valence-electron chi connectivity index (χ3n) is 2.91. The lowest BCUT2D eigenvalue weighted by Gasteiger charge is -2.19. The fourth-order valence-electron chi connectivity index (χ4n) is 1.86. The van der Waals surface area contributed by atoms with Crippen molar-refractivity contribution in [3.63, 3.8) is 0 Å². The van der Waals surface area contributed by atoms with E-state index in [0.29, 0.717) is 15.9 Å². The fourth-order valence-corrected chi connectivity index (χ4v) is 2.20. The lowest BCUT2D eigenvalue weighted by molar-refractivity contribution is 0.0601. The molecule has 0 aliphatic rings. The van der Waals surface area contributed by atoms with E-state index in [2.05, 4.69) is 20.9 Å². The molecule has 1 amide bonds. The quantitative estimate of drug-likeness (QED) is 0.632. The Morgan fingerprint density at radius 1 is 1.14 bits per heavy atom. The Kier molecular flexibility index (Phi) is 4.70. The van der Waals surface area contributed by atoms with Gasteiger partial charge in [-0.15, -0.1) is 0 Å². The van der Waals surface area contributed by atoms with Gasteiger partial charge in [-0.25, -0.2) is 9.78 Å². The minimum atomic E-state index is -0.493. The number of nitrogens with zero attached hydrogens (tertiary/aromatic N) is 2. The van der Waals surface area contributed by atoms with Gasteiger partial charge >= 0.3 is 5.97 Å². The first-order valence-electron chi connectivity index (χ1n) is 6.12. The Balaban J connectivity index is 2.38. The van der Waals surface area contributed by atoms with Crippen molar-refractivity contribution in [2.45, 2.75) is 0 Å². The lowest BCUT2D eigenvalue weighted by atomic mass is 10.1. The molecule has 21 heavy (non-hydrogen) atoms. The first kappa shape index (κ1) is 15.2. The number of hydrogen-bond donors (Lipinski definition) is 0. The molecule has 0 saturated heterocycles. The van der Waals surface area contributed by atoms with Crippen LogP contribution in [0.15, 0.2) is 47.1 Å². The van der Waals surface area contributed by atoms with Crippen LogP contribution < -0.4 is 4.90 Å². The molecule has 6 heteroatoms. The number of hydrogen-bond acceptors (Lipinski definition) is 4. The van der Waals surface area contributed by atoms with Gasteiger partial charge in [0.2, 0.25) is 0 Å². The van der Waals surface area contributed by atoms with Gasteiger partial charge in [0.15, 0.2) is 0 Å².